The van der Waals surface area contributed by atoms with Crippen LogP contribution in [0.3, 0.4) is 0 Å². The summed E-state index contributed by atoms with van der Waals surface area (Å²) in [7, 11) is 0. The van der Waals surface area contributed by atoms with Gasteiger partial charge in [0.05, 0.1) is 16.2 Å². The molecule has 82 valence electrons. The Kier molecular flexibility index (Phi) is 2.57. The van der Waals surface area contributed by atoms with E-state index in [1.54, 1.807) is 17.5 Å². The summed E-state index contributed by atoms with van der Waals surface area (Å²) in [4.78, 5) is 14.5. The monoisotopic (exact) mass is 235 g/mol. The molecule has 0 unspecified atom stereocenters. The van der Waals surface area contributed by atoms with Gasteiger partial charge in [-0.25, -0.2) is 4.98 Å². The molecule has 0 radical (unpaired) electrons. The lowest BCUT2D eigenvalue weighted by Crippen LogP contribution is -1.93. The van der Waals surface area contributed by atoms with Crippen molar-refractivity contribution in [3.63, 3.8) is 0 Å². The zero-order valence-corrected chi connectivity index (χ0v) is 9.32. The van der Waals surface area contributed by atoms with E-state index < -0.39 is 4.92 Å². The second-order valence-corrected chi connectivity index (χ2v) is 4.24. The van der Waals surface area contributed by atoms with Gasteiger partial charge in [-0.1, -0.05) is 6.07 Å². The average Bonchev–Trinajstić information content (AvgIpc) is 2.64. The summed E-state index contributed by atoms with van der Waals surface area (Å²) in [6, 6.07) is 4.93. The van der Waals surface area contributed by atoms with Gasteiger partial charge in [0.15, 0.2) is 5.13 Å². The number of nitrogen functional groups attached to an aromatic ring is 1. The van der Waals surface area contributed by atoms with Crippen molar-refractivity contribution in [1.82, 2.24) is 4.98 Å². The van der Waals surface area contributed by atoms with Crippen LogP contribution in [0.15, 0.2) is 23.6 Å². The number of benzene rings is 1. The quantitative estimate of drug-likeness (QED) is 0.640. The van der Waals surface area contributed by atoms with Crippen molar-refractivity contribution in [2.75, 3.05) is 5.73 Å². The standard InChI is InChI=1S/C10H9N3O2S/c1-6-2-3-9(13(14)15)7(4-6)8-5-16-10(11)12-8/h2-5H,1H3,(H2,11,12). The third kappa shape index (κ3) is 1.87. The van der Waals surface area contributed by atoms with Crippen molar-refractivity contribution in [3.05, 3.63) is 39.3 Å². The molecule has 0 saturated carbocycles. The molecule has 0 bridgehead atoms. The van der Waals surface area contributed by atoms with Gasteiger partial charge in [0, 0.05) is 11.4 Å². The highest BCUT2D eigenvalue weighted by Gasteiger charge is 2.17. The van der Waals surface area contributed by atoms with Crippen LogP contribution in [0.5, 0.6) is 0 Å². The van der Waals surface area contributed by atoms with Crippen LogP contribution in [0.2, 0.25) is 0 Å². The Morgan fingerprint density at radius 1 is 1.50 bits per heavy atom. The second kappa shape index (κ2) is 3.90. The maximum absolute atomic E-state index is 10.9. The van der Waals surface area contributed by atoms with E-state index in [-0.39, 0.29) is 5.69 Å². The maximum atomic E-state index is 10.9. The van der Waals surface area contributed by atoms with E-state index in [0.717, 1.165) is 5.56 Å². The van der Waals surface area contributed by atoms with Crippen LogP contribution < -0.4 is 5.73 Å². The van der Waals surface area contributed by atoms with E-state index in [2.05, 4.69) is 4.98 Å². The second-order valence-electron chi connectivity index (χ2n) is 3.35. The Bertz CT molecular complexity index is 551. The van der Waals surface area contributed by atoms with Gasteiger partial charge in [0.1, 0.15) is 0 Å². The highest BCUT2D eigenvalue weighted by Crippen LogP contribution is 2.31. The van der Waals surface area contributed by atoms with Gasteiger partial charge in [-0.3, -0.25) is 10.1 Å². The molecule has 1 aromatic carbocycles. The first-order valence-electron chi connectivity index (χ1n) is 4.54. The molecule has 0 aliphatic heterocycles. The largest absolute Gasteiger partial charge is 0.375 e. The number of aryl methyl sites for hydroxylation is 1. The first-order chi connectivity index (χ1) is 7.58. The normalized spacial score (nSPS) is 10.3. The lowest BCUT2D eigenvalue weighted by Gasteiger charge is -2.00. The predicted molar refractivity (Wildman–Crippen MR) is 63.4 cm³/mol. The maximum Gasteiger partial charge on any atom is 0.278 e. The zero-order valence-electron chi connectivity index (χ0n) is 8.51. The molecule has 0 fully saturated rings. The number of thiazole rings is 1. The molecule has 5 nitrogen and oxygen atoms in total. The molecule has 6 heteroatoms. The molecule has 2 rings (SSSR count). The van der Waals surface area contributed by atoms with E-state index >= 15 is 0 Å². The Morgan fingerprint density at radius 2 is 2.25 bits per heavy atom. The van der Waals surface area contributed by atoms with Gasteiger partial charge >= 0.3 is 0 Å². The molecule has 0 amide bonds. The Hall–Kier alpha value is -1.95. The summed E-state index contributed by atoms with van der Waals surface area (Å²) < 4.78 is 0. The van der Waals surface area contributed by atoms with E-state index in [4.69, 9.17) is 5.73 Å². The van der Waals surface area contributed by atoms with Gasteiger partial charge < -0.3 is 5.73 Å². The van der Waals surface area contributed by atoms with Crippen LogP contribution in [0.1, 0.15) is 5.56 Å². The number of nitro benzene ring substituents is 1. The minimum Gasteiger partial charge on any atom is -0.375 e. The number of hydrogen-bond donors (Lipinski definition) is 1. The molecular formula is C10H9N3O2S. The van der Waals surface area contributed by atoms with E-state index in [9.17, 15) is 10.1 Å². The minimum atomic E-state index is -0.412. The Labute approximate surface area is 95.7 Å². The highest BCUT2D eigenvalue weighted by molar-refractivity contribution is 7.13. The number of anilines is 1. The van der Waals surface area contributed by atoms with Crippen molar-refractivity contribution in [1.29, 1.82) is 0 Å². The SMILES string of the molecule is Cc1ccc([N+](=O)[O-])c(-c2csc(N)n2)c1. The van der Waals surface area contributed by atoms with Crippen LogP contribution in [0.4, 0.5) is 10.8 Å². The summed E-state index contributed by atoms with van der Waals surface area (Å²) in [5, 5.41) is 13.0. The van der Waals surface area contributed by atoms with Crippen molar-refractivity contribution in [3.8, 4) is 11.3 Å². The van der Waals surface area contributed by atoms with Crippen LogP contribution in [0, 0.1) is 17.0 Å². The fourth-order valence-corrected chi connectivity index (χ4v) is 1.99. The van der Waals surface area contributed by atoms with Crippen molar-refractivity contribution >= 4 is 22.2 Å². The van der Waals surface area contributed by atoms with Gasteiger partial charge in [0.2, 0.25) is 0 Å². The minimum absolute atomic E-state index is 0.0518. The molecule has 1 aromatic heterocycles. The van der Waals surface area contributed by atoms with Crippen LogP contribution in [-0.2, 0) is 0 Å². The third-order valence-electron chi connectivity index (χ3n) is 2.15. The number of hydrogen-bond acceptors (Lipinski definition) is 5. The first kappa shape index (κ1) is 10.6. The Morgan fingerprint density at radius 3 is 2.81 bits per heavy atom. The molecule has 0 saturated heterocycles. The van der Waals surface area contributed by atoms with Crippen molar-refractivity contribution < 1.29 is 4.92 Å². The number of aromatic nitrogens is 1. The fourth-order valence-electron chi connectivity index (χ4n) is 1.43. The summed E-state index contributed by atoms with van der Waals surface area (Å²) in [6.45, 7) is 1.88. The molecule has 0 atom stereocenters. The lowest BCUT2D eigenvalue weighted by atomic mass is 10.1. The molecule has 16 heavy (non-hydrogen) atoms. The fraction of sp³-hybridized carbons (Fsp3) is 0.100. The highest BCUT2D eigenvalue weighted by atomic mass is 32.1. The molecule has 1 heterocycles. The van der Waals surface area contributed by atoms with Crippen LogP contribution in [0.25, 0.3) is 11.3 Å². The number of rotatable bonds is 2. The van der Waals surface area contributed by atoms with E-state index in [1.807, 2.05) is 6.92 Å². The summed E-state index contributed by atoms with van der Waals surface area (Å²) in [5.74, 6) is 0. The summed E-state index contributed by atoms with van der Waals surface area (Å²) in [6.07, 6.45) is 0. The number of nitrogens with zero attached hydrogens (tertiary/aromatic N) is 2. The average molecular weight is 235 g/mol. The molecule has 2 N–H and O–H groups in total. The lowest BCUT2D eigenvalue weighted by molar-refractivity contribution is -0.384. The van der Waals surface area contributed by atoms with E-state index in [1.165, 1.54) is 17.4 Å². The van der Waals surface area contributed by atoms with Crippen LogP contribution in [-0.4, -0.2) is 9.91 Å². The third-order valence-corrected chi connectivity index (χ3v) is 2.82. The Balaban J connectivity index is 2.62. The van der Waals surface area contributed by atoms with Gasteiger partial charge in [-0.15, -0.1) is 11.3 Å². The molecule has 0 aliphatic carbocycles. The van der Waals surface area contributed by atoms with Gasteiger partial charge in [0.25, 0.3) is 5.69 Å². The molecule has 2 aromatic rings. The molecule has 0 aliphatic rings. The predicted octanol–water partition coefficient (Wildman–Crippen LogP) is 2.61. The number of nitro groups is 1. The van der Waals surface area contributed by atoms with Gasteiger partial charge in [-0.2, -0.15) is 0 Å². The number of nitrogens with two attached hydrogens (primary N) is 1. The van der Waals surface area contributed by atoms with Crippen LogP contribution >= 0.6 is 11.3 Å². The first-order valence-corrected chi connectivity index (χ1v) is 5.42. The summed E-state index contributed by atoms with van der Waals surface area (Å²) in [5.41, 5.74) is 7.59. The topological polar surface area (TPSA) is 82.0 Å². The zero-order chi connectivity index (χ0) is 11.7. The smallest absolute Gasteiger partial charge is 0.278 e. The summed E-state index contributed by atoms with van der Waals surface area (Å²) >= 11 is 1.27. The van der Waals surface area contributed by atoms with Crippen molar-refractivity contribution in [2.45, 2.75) is 6.92 Å². The van der Waals surface area contributed by atoms with E-state index in [0.29, 0.717) is 16.4 Å². The molecule has 0 spiro atoms. The van der Waals surface area contributed by atoms with Gasteiger partial charge in [-0.05, 0) is 18.6 Å². The molecular weight excluding hydrogens is 226 g/mol. The van der Waals surface area contributed by atoms with Crippen molar-refractivity contribution in [2.24, 2.45) is 0 Å².